The molecule has 1 aliphatic heterocycles. The third kappa shape index (κ3) is 2.19. The highest BCUT2D eigenvalue weighted by atomic mass is 32.2. The summed E-state index contributed by atoms with van der Waals surface area (Å²) in [5.74, 6) is 1.98. The molecule has 0 amide bonds. The van der Waals surface area contributed by atoms with E-state index in [9.17, 15) is 4.39 Å². The van der Waals surface area contributed by atoms with Crippen molar-refractivity contribution in [1.29, 1.82) is 0 Å². The minimum absolute atomic E-state index is 0.276. The molecule has 2 heterocycles. The lowest BCUT2D eigenvalue weighted by Crippen LogP contribution is -2.33. The van der Waals surface area contributed by atoms with E-state index in [2.05, 4.69) is 16.8 Å². The molecule has 0 N–H and O–H groups in total. The van der Waals surface area contributed by atoms with Crippen molar-refractivity contribution in [3.05, 3.63) is 24.0 Å². The zero-order valence-electron chi connectivity index (χ0n) is 10.2. The summed E-state index contributed by atoms with van der Waals surface area (Å²) in [5, 5.41) is 0. The van der Waals surface area contributed by atoms with Crippen LogP contribution in [-0.2, 0) is 0 Å². The van der Waals surface area contributed by atoms with Gasteiger partial charge < -0.3 is 9.32 Å². The number of benzene rings is 1. The fraction of sp³-hybridized carbons (Fsp3) is 0.462. The summed E-state index contributed by atoms with van der Waals surface area (Å²) in [5.41, 5.74) is 1.24. The molecule has 2 aromatic rings. The Morgan fingerprint density at radius 1 is 1.44 bits per heavy atom. The predicted octanol–water partition coefficient (Wildman–Crippen LogP) is 3.30. The van der Waals surface area contributed by atoms with Crippen LogP contribution in [0.25, 0.3) is 11.1 Å². The molecule has 0 spiro atoms. The fourth-order valence-electron chi connectivity index (χ4n) is 2.19. The van der Waals surface area contributed by atoms with Crippen LogP contribution >= 0.6 is 11.8 Å². The molecule has 1 aromatic heterocycles. The minimum atomic E-state index is -0.276. The molecule has 3 nitrogen and oxygen atoms in total. The second kappa shape index (κ2) is 4.80. The van der Waals surface area contributed by atoms with Crippen molar-refractivity contribution < 1.29 is 8.81 Å². The Morgan fingerprint density at radius 2 is 2.33 bits per heavy atom. The van der Waals surface area contributed by atoms with E-state index >= 15 is 0 Å². The maximum atomic E-state index is 13.1. The highest BCUT2D eigenvalue weighted by molar-refractivity contribution is 7.99. The van der Waals surface area contributed by atoms with Crippen LogP contribution in [-0.4, -0.2) is 29.1 Å². The molecule has 1 atom stereocenters. The van der Waals surface area contributed by atoms with Gasteiger partial charge in [-0.3, -0.25) is 0 Å². The number of hydrogen-bond donors (Lipinski definition) is 0. The van der Waals surface area contributed by atoms with Crippen LogP contribution < -0.4 is 4.90 Å². The number of aromatic nitrogens is 1. The maximum Gasteiger partial charge on any atom is 0.298 e. The summed E-state index contributed by atoms with van der Waals surface area (Å²) in [6, 6.07) is 5.49. The first-order valence-electron chi connectivity index (χ1n) is 6.14. The summed E-state index contributed by atoms with van der Waals surface area (Å²) in [6.07, 6.45) is 1.12. The van der Waals surface area contributed by atoms with E-state index in [0.29, 0.717) is 23.2 Å². The average Bonchev–Trinajstić information content (AvgIpc) is 2.63. The molecule has 1 aliphatic rings. The van der Waals surface area contributed by atoms with Crippen LogP contribution in [0, 0.1) is 5.82 Å². The molecule has 0 aliphatic carbocycles. The molecule has 1 aromatic carbocycles. The zero-order chi connectivity index (χ0) is 12.5. The Morgan fingerprint density at radius 3 is 3.22 bits per heavy atom. The molecule has 0 radical (unpaired) electrons. The second-order valence-electron chi connectivity index (χ2n) is 4.55. The van der Waals surface area contributed by atoms with Gasteiger partial charge in [-0.25, -0.2) is 4.39 Å². The van der Waals surface area contributed by atoms with Gasteiger partial charge in [0.25, 0.3) is 6.01 Å². The first-order chi connectivity index (χ1) is 8.74. The van der Waals surface area contributed by atoms with Crippen molar-refractivity contribution in [2.75, 3.05) is 23.0 Å². The highest BCUT2D eigenvalue weighted by Crippen LogP contribution is 2.27. The highest BCUT2D eigenvalue weighted by Gasteiger charge is 2.22. The van der Waals surface area contributed by atoms with Gasteiger partial charge in [0.2, 0.25) is 0 Å². The lowest BCUT2D eigenvalue weighted by Gasteiger charge is -2.24. The Balaban J connectivity index is 1.97. The predicted molar refractivity (Wildman–Crippen MR) is 72.7 cm³/mol. The van der Waals surface area contributed by atoms with Gasteiger partial charge in [0, 0.05) is 24.4 Å². The number of nitrogens with zero attached hydrogens (tertiary/aromatic N) is 2. The number of hydrogen-bond acceptors (Lipinski definition) is 4. The molecule has 96 valence electrons. The lowest BCUT2D eigenvalue weighted by atomic mass is 10.2. The van der Waals surface area contributed by atoms with E-state index < -0.39 is 0 Å². The van der Waals surface area contributed by atoms with Gasteiger partial charge in [-0.05, 0) is 31.2 Å². The van der Waals surface area contributed by atoms with Crippen LogP contribution in [0.15, 0.2) is 22.6 Å². The number of rotatable bonds is 1. The SMILES string of the molecule is CC1CCSCCN1c1nc2cc(F)ccc2o1. The van der Waals surface area contributed by atoms with Gasteiger partial charge in [-0.15, -0.1) is 0 Å². The van der Waals surface area contributed by atoms with Crippen LogP contribution in [0.2, 0.25) is 0 Å². The maximum absolute atomic E-state index is 13.1. The smallest absolute Gasteiger partial charge is 0.298 e. The van der Waals surface area contributed by atoms with Gasteiger partial charge >= 0.3 is 0 Å². The number of anilines is 1. The van der Waals surface area contributed by atoms with Crippen LogP contribution in [0.4, 0.5) is 10.4 Å². The first-order valence-corrected chi connectivity index (χ1v) is 7.30. The van der Waals surface area contributed by atoms with Gasteiger partial charge in [-0.1, -0.05) is 0 Å². The number of halogens is 1. The van der Waals surface area contributed by atoms with Gasteiger partial charge in [0.15, 0.2) is 5.58 Å². The Labute approximate surface area is 109 Å². The van der Waals surface area contributed by atoms with E-state index in [4.69, 9.17) is 4.42 Å². The van der Waals surface area contributed by atoms with E-state index in [1.165, 1.54) is 17.9 Å². The van der Waals surface area contributed by atoms with Crippen molar-refractivity contribution >= 4 is 28.9 Å². The second-order valence-corrected chi connectivity index (χ2v) is 5.78. The van der Waals surface area contributed by atoms with Gasteiger partial charge in [-0.2, -0.15) is 16.7 Å². The molecular formula is C13H15FN2OS. The van der Waals surface area contributed by atoms with Crippen molar-refractivity contribution in [3.8, 4) is 0 Å². The standard InChI is InChI=1S/C13H15FN2OS/c1-9-4-6-18-7-5-16(9)13-15-11-8-10(14)2-3-12(11)17-13/h2-3,8-9H,4-7H2,1H3. The molecule has 5 heteroatoms. The number of fused-ring (bicyclic) bond motifs is 1. The molecule has 1 unspecified atom stereocenters. The van der Waals surface area contributed by atoms with Gasteiger partial charge in [0.05, 0.1) is 0 Å². The number of oxazole rings is 1. The normalized spacial score (nSPS) is 21.2. The first kappa shape index (κ1) is 11.8. The summed E-state index contributed by atoms with van der Waals surface area (Å²) < 4.78 is 18.9. The summed E-state index contributed by atoms with van der Waals surface area (Å²) in [7, 11) is 0. The third-order valence-electron chi connectivity index (χ3n) is 3.27. The molecule has 3 rings (SSSR count). The zero-order valence-corrected chi connectivity index (χ0v) is 11.0. The quantitative estimate of drug-likeness (QED) is 0.792. The molecule has 18 heavy (non-hydrogen) atoms. The van der Waals surface area contributed by atoms with E-state index in [-0.39, 0.29) is 5.82 Å². The van der Waals surface area contributed by atoms with Crippen LogP contribution in [0.1, 0.15) is 13.3 Å². The Hall–Kier alpha value is -1.23. The molecule has 1 saturated heterocycles. The third-order valence-corrected chi connectivity index (χ3v) is 4.27. The van der Waals surface area contributed by atoms with Crippen molar-refractivity contribution in [3.63, 3.8) is 0 Å². The van der Waals surface area contributed by atoms with E-state index in [1.807, 2.05) is 11.8 Å². The molecular weight excluding hydrogens is 251 g/mol. The van der Waals surface area contributed by atoms with Gasteiger partial charge in [0.1, 0.15) is 11.3 Å². The minimum Gasteiger partial charge on any atom is -0.423 e. The molecule has 0 bridgehead atoms. The fourth-order valence-corrected chi connectivity index (χ4v) is 3.23. The Kier molecular flexibility index (Phi) is 3.16. The summed E-state index contributed by atoms with van der Waals surface area (Å²) in [4.78, 5) is 6.58. The van der Waals surface area contributed by atoms with Crippen molar-refractivity contribution in [2.24, 2.45) is 0 Å². The van der Waals surface area contributed by atoms with Crippen LogP contribution in [0.5, 0.6) is 0 Å². The summed E-state index contributed by atoms with van der Waals surface area (Å²) >= 11 is 1.96. The lowest BCUT2D eigenvalue weighted by molar-refractivity contribution is 0.530. The summed E-state index contributed by atoms with van der Waals surface area (Å²) in [6.45, 7) is 3.11. The Bertz CT molecular complexity index is 557. The van der Waals surface area contributed by atoms with E-state index in [0.717, 1.165) is 18.7 Å². The van der Waals surface area contributed by atoms with Crippen molar-refractivity contribution in [1.82, 2.24) is 4.98 Å². The number of thioether (sulfide) groups is 1. The monoisotopic (exact) mass is 266 g/mol. The topological polar surface area (TPSA) is 29.3 Å². The van der Waals surface area contributed by atoms with E-state index in [1.54, 1.807) is 6.07 Å². The van der Waals surface area contributed by atoms with Crippen LogP contribution in [0.3, 0.4) is 0 Å². The van der Waals surface area contributed by atoms with Crippen molar-refractivity contribution in [2.45, 2.75) is 19.4 Å². The molecule has 0 saturated carbocycles. The molecule has 1 fully saturated rings. The average molecular weight is 266 g/mol. The largest absolute Gasteiger partial charge is 0.423 e.